The minimum Gasteiger partial charge on any atom is -0.340 e. The molecule has 2 aromatic carbocycles. The van der Waals surface area contributed by atoms with Gasteiger partial charge in [0.05, 0.1) is 0 Å². The fraction of sp³-hybridized carbons (Fsp3) is 0.333. The third-order valence-corrected chi connectivity index (χ3v) is 5.15. The molecule has 0 spiro atoms. The van der Waals surface area contributed by atoms with Crippen molar-refractivity contribution in [3.05, 3.63) is 64.7 Å². The molecule has 3 rings (SSSR count). The second-order valence-corrected chi connectivity index (χ2v) is 7.24. The topological polar surface area (TPSA) is 52.7 Å². The Hall–Kier alpha value is -2.37. The number of nitrogens with zero attached hydrogens (tertiary/aromatic N) is 2. The summed E-state index contributed by atoms with van der Waals surface area (Å²) in [4.78, 5) is 28.7. The summed E-state index contributed by atoms with van der Waals surface area (Å²) in [5.74, 6) is -0.447. The first kappa shape index (κ1) is 19.4. The summed E-state index contributed by atoms with van der Waals surface area (Å²) < 4.78 is 0. The fourth-order valence-corrected chi connectivity index (χ4v) is 3.30. The standard InChI is InChI=1S/C21H24ClN3O2/c1-16-7-8-18(13-19(16)22)23-20(26)14-21(27)25-11-9-24(10-12-25)15-17-5-3-2-4-6-17/h2-8,13H,9-12,14-15H2,1H3,(H,23,26). The molecule has 27 heavy (non-hydrogen) atoms. The Kier molecular flexibility index (Phi) is 6.48. The highest BCUT2D eigenvalue weighted by Gasteiger charge is 2.22. The Bertz CT molecular complexity index is 802. The van der Waals surface area contributed by atoms with E-state index in [0.717, 1.165) is 25.2 Å². The second kappa shape index (κ2) is 9.02. The second-order valence-electron chi connectivity index (χ2n) is 6.83. The van der Waals surface area contributed by atoms with Crippen LogP contribution in [0, 0.1) is 6.92 Å². The summed E-state index contributed by atoms with van der Waals surface area (Å²) in [5.41, 5.74) is 2.82. The lowest BCUT2D eigenvalue weighted by molar-refractivity contribution is -0.136. The van der Waals surface area contributed by atoms with E-state index in [4.69, 9.17) is 11.6 Å². The van der Waals surface area contributed by atoms with Crippen LogP contribution in [0.3, 0.4) is 0 Å². The van der Waals surface area contributed by atoms with Crippen LogP contribution in [0.4, 0.5) is 5.69 Å². The van der Waals surface area contributed by atoms with Gasteiger partial charge in [-0.25, -0.2) is 0 Å². The number of amides is 2. The molecule has 6 heteroatoms. The average molecular weight is 386 g/mol. The van der Waals surface area contributed by atoms with Crippen molar-refractivity contribution < 1.29 is 9.59 Å². The Labute approximate surface area is 164 Å². The molecule has 2 aromatic rings. The highest BCUT2D eigenvalue weighted by atomic mass is 35.5. The molecule has 1 fully saturated rings. The van der Waals surface area contributed by atoms with Gasteiger partial charge in [0.2, 0.25) is 11.8 Å². The summed E-state index contributed by atoms with van der Waals surface area (Å²) in [6.07, 6.45) is -0.149. The number of nitrogens with one attached hydrogen (secondary N) is 1. The maximum atomic E-state index is 12.4. The Morgan fingerprint density at radius 1 is 1.04 bits per heavy atom. The van der Waals surface area contributed by atoms with Crippen molar-refractivity contribution in [2.75, 3.05) is 31.5 Å². The third-order valence-electron chi connectivity index (χ3n) is 4.74. The lowest BCUT2D eigenvalue weighted by atomic mass is 10.2. The summed E-state index contributed by atoms with van der Waals surface area (Å²) >= 11 is 6.07. The molecule has 142 valence electrons. The largest absolute Gasteiger partial charge is 0.340 e. The van der Waals surface area contributed by atoms with E-state index in [2.05, 4.69) is 22.3 Å². The zero-order valence-electron chi connectivity index (χ0n) is 15.5. The van der Waals surface area contributed by atoms with E-state index in [0.29, 0.717) is 23.8 Å². The summed E-state index contributed by atoms with van der Waals surface area (Å²) in [7, 11) is 0. The minimum atomic E-state index is -0.313. The van der Waals surface area contributed by atoms with Crippen molar-refractivity contribution in [1.29, 1.82) is 0 Å². The van der Waals surface area contributed by atoms with Crippen LogP contribution in [0.1, 0.15) is 17.5 Å². The van der Waals surface area contributed by atoms with Gasteiger partial charge < -0.3 is 10.2 Å². The molecule has 2 amide bonds. The number of carbonyl (C=O) groups excluding carboxylic acids is 2. The predicted octanol–water partition coefficient (Wildman–Crippen LogP) is 3.32. The predicted molar refractivity (Wildman–Crippen MR) is 108 cm³/mol. The number of benzene rings is 2. The smallest absolute Gasteiger partial charge is 0.233 e. The number of carbonyl (C=O) groups is 2. The Morgan fingerprint density at radius 3 is 2.41 bits per heavy atom. The van der Waals surface area contributed by atoms with Crippen LogP contribution in [-0.2, 0) is 16.1 Å². The highest BCUT2D eigenvalue weighted by Crippen LogP contribution is 2.20. The summed E-state index contributed by atoms with van der Waals surface area (Å²) in [6.45, 7) is 5.71. The molecule has 0 unspecified atom stereocenters. The normalized spacial score (nSPS) is 14.8. The zero-order chi connectivity index (χ0) is 19.2. The lowest BCUT2D eigenvalue weighted by Gasteiger charge is -2.34. The molecule has 1 aliphatic rings. The number of aryl methyl sites for hydroxylation is 1. The van der Waals surface area contributed by atoms with Crippen LogP contribution in [0.15, 0.2) is 48.5 Å². The van der Waals surface area contributed by atoms with Gasteiger partial charge in [-0.15, -0.1) is 0 Å². The van der Waals surface area contributed by atoms with Gasteiger partial charge in [0, 0.05) is 43.4 Å². The number of hydrogen-bond donors (Lipinski definition) is 1. The van der Waals surface area contributed by atoms with Crippen LogP contribution in [0.25, 0.3) is 0 Å². The van der Waals surface area contributed by atoms with Crippen LogP contribution in [0.5, 0.6) is 0 Å². The average Bonchev–Trinajstić information content (AvgIpc) is 2.66. The molecule has 1 heterocycles. The quantitative estimate of drug-likeness (QED) is 0.803. The van der Waals surface area contributed by atoms with E-state index in [1.54, 1.807) is 17.0 Å². The molecule has 0 aliphatic carbocycles. The Balaban J connectivity index is 1.44. The molecular weight excluding hydrogens is 362 g/mol. The first-order chi connectivity index (χ1) is 13.0. The van der Waals surface area contributed by atoms with Crippen molar-refractivity contribution in [3.63, 3.8) is 0 Å². The first-order valence-corrected chi connectivity index (χ1v) is 9.49. The van der Waals surface area contributed by atoms with E-state index in [-0.39, 0.29) is 18.2 Å². The summed E-state index contributed by atoms with van der Waals surface area (Å²) in [6, 6.07) is 15.6. The SMILES string of the molecule is Cc1ccc(NC(=O)CC(=O)N2CCN(Cc3ccccc3)CC2)cc1Cl. The van der Waals surface area contributed by atoms with Gasteiger partial charge in [0.15, 0.2) is 0 Å². The van der Waals surface area contributed by atoms with E-state index < -0.39 is 0 Å². The number of rotatable bonds is 5. The monoisotopic (exact) mass is 385 g/mol. The number of anilines is 1. The molecule has 0 radical (unpaired) electrons. The van der Waals surface area contributed by atoms with E-state index in [1.165, 1.54) is 5.56 Å². The van der Waals surface area contributed by atoms with Gasteiger partial charge in [0.25, 0.3) is 0 Å². The third kappa shape index (κ3) is 5.55. The molecule has 1 N–H and O–H groups in total. The summed E-state index contributed by atoms with van der Waals surface area (Å²) in [5, 5.41) is 3.33. The number of hydrogen-bond acceptors (Lipinski definition) is 3. The van der Waals surface area contributed by atoms with Crippen molar-refractivity contribution in [3.8, 4) is 0 Å². The fourth-order valence-electron chi connectivity index (χ4n) is 3.12. The lowest BCUT2D eigenvalue weighted by Crippen LogP contribution is -2.48. The maximum absolute atomic E-state index is 12.4. The van der Waals surface area contributed by atoms with E-state index in [9.17, 15) is 9.59 Å². The molecule has 0 aromatic heterocycles. The zero-order valence-corrected chi connectivity index (χ0v) is 16.2. The first-order valence-electron chi connectivity index (χ1n) is 9.11. The molecule has 0 atom stereocenters. The molecule has 0 saturated carbocycles. The van der Waals surface area contributed by atoms with E-state index in [1.807, 2.05) is 31.2 Å². The van der Waals surface area contributed by atoms with Gasteiger partial charge in [-0.1, -0.05) is 48.0 Å². The van der Waals surface area contributed by atoms with Gasteiger partial charge in [-0.05, 0) is 30.2 Å². The molecule has 1 saturated heterocycles. The van der Waals surface area contributed by atoms with Crippen LogP contribution in [-0.4, -0.2) is 47.8 Å². The van der Waals surface area contributed by atoms with Crippen molar-refractivity contribution in [2.24, 2.45) is 0 Å². The minimum absolute atomic E-state index is 0.134. The van der Waals surface area contributed by atoms with Gasteiger partial charge in [-0.2, -0.15) is 0 Å². The van der Waals surface area contributed by atoms with Crippen molar-refractivity contribution in [1.82, 2.24) is 9.80 Å². The molecular formula is C21H24ClN3O2. The van der Waals surface area contributed by atoms with Gasteiger partial charge >= 0.3 is 0 Å². The van der Waals surface area contributed by atoms with Gasteiger partial charge in [0.1, 0.15) is 6.42 Å². The van der Waals surface area contributed by atoms with Crippen molar-refractivity contribution >= 4 is 29.1 Å². The highest BCUT2D eigenvalue weighted by molar-refractivity contribution is 6.31. The molecule has 1 aliphatic heterocycles. The number of piperazine rings is 1. The van der Waals surface area contributed by atoms with Crippen LogP contribution < -0.4 is 5.32 Å². The van der Waals surface area contributed by atoms with Crippen LogP contribution >= 0.6 is 11.6 Å². The van der Waals surface area contributed by atoms with E-state index >= 15 is 0 Å². The molecule has 5 nitrogen and oxygen atoms in total. The molecule has 0 bridgehead atoms. The maximum Gasteiger partial charge on any atom is 0.233 e. The van der Waals surface area contributed by atoms with Crippen molar-refractivity contribution in [2.45, 2.75) is 19.9 Å². The van der Waals surface area contributed by atoms with Gasteiger partial charge in [-0.3, -0.25) is 14.5 Å². The van der Waals surface area contributed by atoms with Crippen LogP contribution in [0.2, 0.25) is 5.02 Å². The Morgan fingerprint density at radius 2 is 1.74 bits per heavy atom. The number of halogens is 1.